The first kappa shape index (κ1) is 18.2. The first-order valence-electron chi connectivity index (χ1n) is 7.55. The maximum atomic E-state index is 12.6. The number of carbonyl (C=O) groups is 1. The first-order chi connectivity index (χ1) is 10.9. The summed E-state index contributed by atoms with van der Waals surface area (Å²) in [6.07, 6.45) is 0. The van der Waals surface area contributed by atoms with Crippen molar-refractivity contribution in [3.8, 4) is 0 Å². The predicted octanol–water partition coefficient (Wildman–Crippen LogP) is 1.03. The maximum absolute atomic E-state index is 12.6. The van der Waals surface area contributed by atoms with Crippen molar-refractivity contribution in [3.05, 3.63) is 29.3 Å². The van der Waals surface area contributed by atoms with E-state index in [-0.39, 0.29) is 16.7 Å². The normalized spacial score (nSPS) is 18.0. The number of amides is 1. The summed E-state index contributed by atoms with van der Waals surface area (Å²) in [5, 5.41) is 3.48. The van der Waals surface area contributed by atoms with E-state index in [0.717, 1.165) is 0 Å². The topological polar surface area (TPSA) is 69.7 Å². The highest BCUT2D eigenvalue weighted by molar-refractivity contribution is 7.89. The van der Waals surface area contributed by atoms with Crippen LogP contribution in [0.3, 0.4) is 0 Å². The lowest BCUT2D eigenvalue weighted by Crippen LogP contribution is -2.52. The summed E-state index contributed by atoms with van der Waals surface area (Å²) < 4.78 is 26.6. The van der Waals surface area contributed by atoms with Crippen LogP contribution in [0.1, 0.15) is 6.92 Å². The van der Waals surface area contributed by atoms with E-state index in [0.29, 0.717) is 37.7 Å². The summed E-state index contributed by atoms with van der Waals surface area (Å²) >= 11 is 5.80. The van der Waals surface area contributed by atoms with Crippen LogP contribution in [0.15, 0.2) is 29.2 Å². The summed E-state index contributed by atoms with van der Waals surface area (Å²) in [6, 6.07) is 6.13. The maximum Gasteiger partial charge on any atom is 0.243 e. The van der Waals surface area contributed by atoms with Gasteiger partial charge in [0.2, 0.25) is 15.9 Å². The molecule has 6 nitrogen and oxygen atoms in total. The van der Waals surface area contributed by atoms with Crippen molar-refractivity contribution in [2.75, 3.05) is 39.8 Å². The van der Waals surface area contributed by atoms with Crippen molar-refractivity contribution in [2.45, 2.75) is 11.8 Å². The second-order valence-electron chi connectivity index (χ2n) is 5.64. The monoisotopic (exact) mass is 359 g/mol. The molecule has 1 atom stereocenters. The predicted molar refractivity (Wildman–Crippen MR) is 89.9 cm³/mol. The summed E-state index contributed by atoms with van der Waals surface area (Å²) in [6.45, 7) is 3.93. The Balaban J connectivity index is 2.01. The number of hydrogen-bond acceptors (Lipinski definition) is 4. The molecule has 0 saturated carbocycles. The SMILES string of the molecule is CNCC(C)C(=O)N1CCN(S(=O)(=O)c2ccc(Cl)cc2)CC1. The van der Waals surface area contributed by atoms with Crippen molar-refractivity contribution in [3.63, 3.8) is 0 Å². The van der Waals surface area contributed by atoms with E-state index in [1.54, 1.807) is 24.1 Å². The van der Waals surface area contributed by atoms with Crippen LogP contribution < -0.4 is 5.32 Å². The summed E-state index contributed by atoms with van der Waals surface area (Å²) in [4.78, 5) is 14.2. The van der Waals surface area contributed by atoms with Gasteiger partial charge in [-0.05, 0) is 31.3 Å². The van der Waals surface area contributed by atoms with Gasteiger partial charge in [0.15, 0.2) is 0 Å². The lowest BCUT2D eigenvalue weighted by molar-refractivity contribution is -0.136. The molecule has 1 aliphatic heterocycles. The second-order valence-corrected chi connectivity index (χ2v) is 8.02. The zero-order chi connectivity index (χ0) is 17.0. The lowest BCUT2D eigenvalue weighted by Gasteiger charge is -2.35. The van der Waals surface area contributed by atoms with Crippen LogP contribution in [0.4, 0.5) is 0 Å². The fourth-order valence-corrected chi connectivity index (χ4v) is 4.16. The molecule has 1 heterocycles. The molecule has 1 N–H and O–H groups in total. The molecule has 0 spiro atoms. The molecule has 0 radical (unpaired) electrons. The molecule has 0 aliphatic carbocycles. The van der Waals surface area contributed by atoms with Crippen LogP contribution in [0.2, 0.25) is 5.02 Å². The van der Waals surface area contributed by atoms with Gasteiger partial charge in [0.25, 0.3) is 0 Å². The van der Waals surface area contributed by atoms with E-state index >= 15 is 0 Å². The van der Waals surface area contributed by atoms with E-state index in [1.807, 2.05) is 6.92 Å². The number of benzene rings is 1. The van der Waals surface area contributed by atoms with Crippen molar-refractivity contribution < 1.29 is 13.2 Å². The lowest BCUT2D eigenvalue weighted by atomic mass is 10.1. The summed E-state index contributed by atoms with van der Waals surface area (Å²) in [5.74, 6) is -0.0534. The third-order valence-electron chi connectivity index (χ3n) is 3.93. The Morgan fingerprint density at radius 2 is 1.78 bits per heavy atom. The van der Waals surface area contributed by atoms with E-state index in [9.17, 15) is 13.2 Å². The molecule has 0 aromatic heterocycles. The molecule has 1 fully saturated rings. The molecular weight excluding hydrogens is 338 g/mol. The highest BCUT2D eigenvalue weighted by Gasteiger charge is 2.31. The molecule has 0 bridgehead atoms. The summed E-state index contributed by atoms with van der Waals surface area (Å²) in [5.41, 5.74) is 0. The fourth-order valence-electron chi connectivity index (χ4n) is 2.61. The molecule has 1 aromatic rings. The molecule has 2 rings (SSSR count). The van der Waals surface area contributed by atoms with Crippen molar-refractivity contribution in [1.29, 1.82) is 0 Å². The van der Waals surface area contributed by atoms with Gasteiger partial charge in [-0.3, -0.25) is 4.79 Å². The second kappa shape index (κ2) is 7.61. The van der Waals surface area contributed by atoms with Gasteiger partial charge in [-0.25, -0.2) is 8.42 Å². The largest absolute Gasteiger partial charge is 0.340 e. The van der Waals surface area contributed by atoms with Crippen LogP contribution in [-0.2, 0) is 14.8 Å². The quantitative estimate of drug-likeness (QED) is 0.852. The van der Waals surface area contributed by atoms with Gasteiger partial charge in [0, 0.05) is 43.7 Å². The number of carbonyl (C=O) groups excluding carboxylic acids is 1. The van der Waals surface area contributed by atoms with Crippen LogP contribution >= 0.6 is 11.6 Å². The average Bonchev–Trinajstić information content (AvgIpc) is 2.55. The molecular formula is C15H22ClN3O3S. The Bertz CT molecular complexity index is 640. The number of piperazine rings is 1. The zero-order valence-corrected chi connectivity index (χ0v) is 14.9. The van der Waals surface area contributed by atoms with Gasteiger partial charge >= 0.3 is 0 Å². The Hall–Kier alpha value is -1.15. The highest BCUT2D eigenvalue weighted by atomic mass is 35.5. The number of rotatable bonds is 5. The van der Waals surface area contributed by atoms with Crippen LogP contribution in [0.25, 0.3) is 0 Å². The first-order valence-corrected chi connectivity index (χ1v) is 9.37. The van der Waals surface area contributed by atoms with Gasteiger partial charge in [-0.2, -0.15) is 4.31 Å². The minimum atomic E-state index is -3.53. The number of nitrogens with one attached hydrogen (secondary N) is 1. The molecule has 1 aromatic carbocycles. The van der Waals surface area contributed by atoms with Crippen LogP contribution in [-0.4, -0.2) is 63.3 Å². The number of nitrogens with zero attached hydrogens (tertiary/aromatic N) is 2. The number of halogens is 1. The Morgan fingerprint density at radius 3 is 2.30 bits per heavy atom. The molecule has 1 amide bonds. The minimum absolute atomic E-state index is 0.0582. The third-order valence-corrected chi connectivity index (χ3v) is 6.10. The average molecular weight is 360 g/mol. The molecule has 1 unspecified atom stereocenters. The minimum Gasteiger partial charge on any atom is -0.340 e. The van der Waals surface area contributed by atoms with Crippen molar-refractivity contribution in [1.82, 2.24) is 14.5 Å². The Kier molecular flexibility index (Phi) is 6.02. The molecule has 128 valence electrons. The number of hydrogen-bond donors (Lipinski definition) is 1. The molecule has 8 heteroatoms. The third kappa shape index (κ3) is 4.23. The number of sulfonamides is 1. The Labute approximate surface area is 142 Å². The van der Waals surface area contributed by atoms with Crippen molar-refractivity contribution >= 4 is 27.5 Å². The van der Waals surface area contributed by atoms with E-state index in [4.69, 9.17) is 11.6 Å². The zero-order valence-electron chi connectivity index (χ0n) is 13.3. The van der Waals surface area contributed by atoms with E-state index < -0.39 is 10.0 Å². The van der Waals surface area contributed by atoms with E-state index in [2.05, 4.69) is 5.32 Å². The smallest absolute Gasteiger partial charge is 0.243 e. The molecule has 23 heavy (non-hydrogen) atoms. The molecule has 1 aliphatic rings. The highest BCUT2D eigenvalue weighted by Crippen LogP contribution is 2.20. The van der Waals surface area contributed by atoms with Gasteiger partial charge in [0.1, 0.15) is 0 Å². The molecule has 1 saturated heterocycles. The van der Waals surface area contributed by atoms with Gasteiger partial charge in [0.05, 0.1) is 4.90 Å². The Morgan fingerprint density at radius 1 is 1.22 bits per heavy atom. The van der Waals surface area contributed by atoms with Gasteiger partial charge in [-0.1, -0.05) is 18.5 Å². The fraction of sp³-hybridized carbons (Fsp3) is 0.533. The van der Waals surface area contributed by atoms with Gasteiger partial charge in [-0.15, -0.1) is 0 Å². The van der Waals surface area contributed by atoms with Gasteiger partial charge < -0.3 is 10.2 Å². The van der Waals surface area contributed by atoms with Crippen LogP contribution in [0.5, 0.6) is 0 Å². The van der Waals surface area contributed by atoms with Crippen LogP contribution in [0, 0.1) is 5.92 Å². The van der Waals surface area contributed by atoms with Crippen molar-refractivity contribution in [2.24, 2.45) is 5.92 Å². The summed E-state index contributed by atoms with van der Waals surface area (Å²) in [7, 11) is -1.73. The van der Waals surface area contributed by atoms with E-state index in [1.165, 1.54) is 16.4 Å². The standard InChI is InChI=1S/C15H22ClN3O3S/c1-12(11-17-2)15(20)18-7-9-19(10-8-18)23(21,22)14-5-3-13(16)4-6-14/h3-6,12,17H,7-11H2,1-2H3.